The number of piperazine rings is 1. The maximum atomic E-state index is 12.4. The molecule has 1 aliphatic carbocycles. The molecule has 0 unspecified atom stereocenters. The van der Waals surface area contributed by atoms with Crippen molar-refractivity contribution in [2.75, 3.05) is 32.8 Å². The highest BCUT2D eigenvalue weighted by Crippen LogP contribution is 2.41. The molecule has 0 radical (unpaired) electrons. The number of guanidine groups is 1. The first-order valence-electron chi connectivity index (χ1n) is 8.56. The summed E-state index contributed by atoms with van der Waals surface area (Å²) in [4.78, 5) is 32.6. The molecule has 1 spiro atoms. The minimum absolute atomic E-state index is 0.253. The van der Waals surface area contributed by atoms with Crippen LogP contribution in [0.3, 0.4) is 0 Å². The molecule has 1 N–H and O–H groups in total. The summed E-state index contributed by atoms with van der Waals surface area (Å²) in [5.41, 5.74) is -0.565. The van der Waals surface area contributed by atoms with Crippen molar-refractivity contribution >= 4 is 18.0 Å². The first-order valence-corrected chi connectivity index (χ1v) is 8.56. The Morgan fingerprint density at radius 3 is 2.62 bits per heavy atom. The van der Waals surface area contributed by atoms with Crippen LogP contribution in [0.15, 0.2) is 4.99 Å². The van der Waals surface area contributed by atoms with Crippen LogP contribution in [0.2, 0.25) is 0 Å². The first kappa shape index (κ1) is 16.6. The molecule has 0 bridgehead atoms. The van der Waals surface area contributed by atoms with Crippen molar-refractivity contribution in [2.45, 2.75) is 38.1 Å². The van der Waals surface area contributed by atoms with E-state index in [0.29, 0.717) is 38.7 Å². The van der Waals surface area contributed by atoms with Crippen molar-refractivity contribution in [1.29, 1.82) is 5.26 Å². The average Bonchev–Trinajstić information content (AvgIpc) is 3.03. The summed E-state index contributed by atoms with van der Waals surface area (Å²) in [7, 11) is 0. The zero-order valence-corrected chi connectivity index (χ0v) is 14.0. The summed E-state index contributed by atoms with van der Waals surface area (Å²) in [5, 5.41) is 12.2. The molecule has 2 fully saturated rings. The van der Waals surface area contributed by atoms with Gasteiger partial charge in [-0.1, -0.05) is 12.8 Å². The monoisotopic (exact) mass is 333 g/mol. The van der Waals surface area contributed by atoms with Crippen LogP contribution in [0.1, 0.15) is 32.6 Å². The molecule has 2 heterocycles. The number of nitrogens with zero attached hydrogens (tertiary/aromatic N) is 4. The van der Waals surface area contributed by atoms with Gasteiger partial charge < -0.3 is 14.5 Å². The van der Waals surface area contributed by atoms with Gasteiger partial charge in [0.25, 0.3) is 0 Å². The van der Waals surface area contributed by atoms with E-state index in [1.807, 2.05) is 4.90 Å². The minimum Gasteiger partial charge on any atom is -0.450 e. The SMILES string of the molecule is CCOC(=O)N1CCN(C2=NC3(CCCC3)[C@H](C#N)C(=O)N2)CC1. The topological polar surface area (TPSA) is 98.0 Å². The Balaban J connectivity index is 1.71. The van der Waals surface area contributed by atoms with Crippen LogP contribution in [0.25, 0.3) is 0 Å². The van der Waals surface area contributed by atoms with Crippen molar-refractivity contribution in [2.24, 2.45) is 10.9 Å². The molecule has 24 heavy (non-hydrogen) atoms. The number of hydrogen-bond donors (Lipinski definition) is 1. The molecule has 8 heteroatoms. The highest BCUT2D eigenvalue weighted by Gasteiger charge is 2.49. The van der Waals surface area contributed by atoms with E-state index in [0.717, 1.165) is 25.7 Å². The van der Waals surface area contributed by atoms with E-state index in [4.69, 9.17) is 9.73 Å². The fraction of sp³-hybridized carbons (Fsp3) is 0.750. The number of rotatable bonds is 1. The highest BCUT2D eigenvalue weighted by atomic mass is 16.6. The normalized spacial score (nSPS) is 25.9. The van der Waals surface area contributed by atoms with Gasteiger partial charge in [0.05, 0.1) is 18.2 Å². The van der Waals surface area contributed by atoms with Gasteiger partial charge in [-0.3, -0.25) is 10.1 Å². The van der Waals surface area contributed by atoms with Crippen molar-refractivity contribution in [3.05, 3.63) is 0 Å². The van der Waals surface area contributed by atoms with Crippen LogP contribution in [-0.2, 0) is 9.53 Å². The van der Waals surface area contributed by atoms with Gasteiger partial charge in [0.1, 0.15) is 0 Å². The number of hydrogen-bond acceptors (Lipinski definition) is 6. The first-order chi connectivity index (χ1) is 11.6. The van der Waals surface area contributed by atoms with Crippen LogP contribution in [0.5, 0.6) is 0 Å². The largest absolute Gasteiger partial charge is 0.450 e. The molecule has 3 aliphatic rings. The summed E-state index contributed by atoms with van der Waals surface area (Å²) in [6, 6.07) is 2.14. The number of nitrogens with one attached hydrogen (secondary N) is 1. The zero-order valence-electron chi connectivity index (χ0n) is 14.0. The van der Waals surface area contributed by atoms with E-state index in [2.05, 4.69) is 11.4 Å². The van der Waals surface area contributed by atoms with Crippen LogP contribution < -0.4 is 5.32 Å². The molecule has 1 saturated carbocycles. The number of amides is 2. The Hall–Kier alpha value is -2.30. The van der Waals surface area contributed by atoms with E-state index < -0.39 is 11.5 Å². The fourth-order valence-corrected chi connectivity index (χ4v) is 3.76. The molecule has 2 amide bonds. The lowest BCUT2D eigenvalue weighted by atomic mass is 9.82. The molecule has 1 saturated heterocycles. The van der Waals surface area contributed by atoms with Crippen LogP contribution in [-0.4, -0.2) is 66.1 Å². The second-order valence-corrected chi connectivity index (χ2v) is 6.47. The molecule has 0 aromatic carbocycles. The van der Waals surface area contributed by atoms with E-state index >= 15 is 0 Å². The lowest BCUT2D eigenvalue weighted by Gasteiger charge is -2.40. The van der Waals surface area contributed by atoms with Gasteiger partial charge in [-0.05, 0) is 19.8 Å². The van der Waals surface area contributed by atoms with Crippen LogP contribution in [0, 0.1) is 17.2 Å². The molecule has 0 aromatic rings. The summed E-state index contributed by atoms with van der Waals surface area (Å²) in [6.45, 7) is 4.38. The Kier molecular flexibility index (Phi) is 4.60. The van der Waals surface area contributed by atoms with Crippen molar-refractivity contribution in [1.82, 2.24) is 15.1 Å². The summed E-state index contributed by atoms with van der Waals surface area (Å²) in [6.07, 6.45) is 3.26. The summed E-state index contributed by atoms with van der Waals surface area (Å²) < 4.78 is 5.02. The van der Waals surface area contributed by atoms with Gasteiger partial charge in [-0.15, -0.1) is 0 Å². The molecule has 130 valence electrons. The van der Waals surface area contributed by atoms with Crippen molar-refractivity contribution < 1.29 is 14.3 Å². The van der Waals surface area contributed by atoms with Crippen molar-refractivity contribution in [3.8, 4) is 6.07 Å². The molecule has 3 rings (SSSR count). The quantitative estimate of drug-likeness (QED) is 0.761. The van der Waals surface area contributed by atoms with Crippen molar-refractivity contribution in [3.63, 3.8) is 0 Å². The van der Waals surface area contributed by atoms with Gasteiger partial charge in [-0.2, -0.15) is 5.26 Å². The third-order valence-electron chi connectivity index (χ3n) is 5.07. The minimum atomic E-state index is -0.704. The van der Waals surface area contributed by atoms with E-state index in [-0.39, 0.29) is 12.0 Å². The summed E-state index contributed by atoms with van der Waals surface area (Å²) in [5.74, 6) is -0.404. The molecule has 2 aliphatic heterocycles. The zero-order chi connectivity index (χ0) is 17.2. The standard InChI is InChI=1S/C16H23N5O3/c1-2-24-15(23)21-9-7-20(8-10-21)14-18-13(22)12(11-17)16(19-14)5-3-4-6-16/h12H,2-10H2,1H3,(H,18,19,22)/t12-/m1/s1. The Bertz CT molecular complexity index is 583. The van der Waals surface area contributed by atoms with Gasteiger partial charge in [0.2, 0.25) is 11.9 Å². The van der Waals surface area contributed by atoms with Gasteiger partial charge in [0.15, 0.2) is 5.92 Å². The molecular formula is C16H23N5O3. The van der Waals surface area contributed by atoms with Gasteiger partial charge in [-0.25, -0.2) is 9.79 Å². The average molecular weight is 333 g/mol. The van der Waals surface area contributed by atoms with Gasteiger partial charge in [0, 0.05) is 26.2 Å². The highest BCUT2D eigenvalue weighted by molar-refractivity contribution is 6.02. The van der Waals surface area contributed by atoms with E-state index in [9.17, 15) is 14.9 Å². The lowest BCUT2D eigenvalue weighted by molar-refractivity contribution is -0.124. The molecule has 8 nitrogen and oxygen atoms in total. The number of aliphatic imine (C=N–C) groups is 1. The van der Waals surface area contributed by atoms with Crippen LogP contribution in [0.4, 0.5) is 4.79 Å². The molecule has 0 aromatic heterocycles. The number of ether oxygens (including phenoxy) is 1. The lowest BCUT2D eigenvalue weighted by Crippen LogP contribution is -2.60. The molecule has 1 atom stereocenters. The number of nitriles is 1. The molecular weight excluding hydrogens is 310 g/mol. The predicted octanol–water partition coefficient (Wildman–Crippen LogP) is 0.699. The van der Waals surface area contributed by atoms with Crippen LogP contribution >= 0.6 is 0 Å². The smallest absolute Gasteiger partial charge is 0.409 e. The third-order valence-corrected chi connectivity index (χ3v) is 5.07. The van der Waals surface area contributed by atoms with Gasteiger partial charge >= 0.3 is 6.09 Å². The number of carbonyl (C=O) groups is 2. The second kappa shape index (κ2) is 6.67. The predicted molar refractivity (Wildman–Crippen MR) is 86.0 cm³/mol. The Labute approximate surface area is 141 Å². The number of carbonyl (C=O) groups excluding carboxylic acids is 2. The maximum Gasteiger partial charge on any atom is 0.409 e. The maximum absolute atomic E-state index is 12.4. The van der Waals surface area contributed by atoms with E-state index in [1.165, 1.54) is 0 Å². The summed E-state index contributed by atoms with van der Waals surface area (Å²) >= 11 is 0. The Morgan fingerprint density at radius 2 is 2.04 bits per heavy atom. The van der Waals surface area contributed by atoms with E-state index in [1.54, 1.807) is 11.8 Å². The third kappa shape index (κ3) is 2.90. The fourth-order valence-electron chi connectivity index (χ4n) is 3.76. The Morgan fingerprint density at radius 1 is 1.38 bits per heavy atom. The second-order valence-electron chi connectivity index (χ2n) is 6.47.